The molecule has 1 aliphatic carbocycles. The van der Waals surface area contributed by atoms with E-state index in [0.29, 0.717) is 0 Å². The van der Waals surface area contributed by atoms with E-state index in [1.807, 2.05) is 0 Å². The molecule has 0 atom stereocenters. The second kappa shape index (κ2) is 6.80. The third-order valence-electron chi connectivity index (χ3n) is 3.05. The number of hydrogen-bond acceptors (Lipinski definition) is 0. The van der Waals surface area contributed by atoms with E-state index in [-0.39, 0.29) is 0 Å². The van der Waals surface area contributed by atoms with Crippen LogP contribution in [-0.4, -0.2) is 0 Å². The van der Waals surface area contributed by atoms with Crippen LogP contribution in [0.25, 0.3) is 11.6 Å². The second-order valence-corrected chi connectivity index (χ2v) is 4.42. The summed E-state index contributed by atoms with van der Waals surface area (Å²) in [6, 6.07) is 8.65. The van der Waals surface area contributed by atoms with Crippen LogP contribution in [-0.2, 0) is 0 Å². The van der Waals surface area contributed by atoms with Crippen molar-refractivity contribution in [3.05, 3.63) is 71.8 Å². The highest BCUT2D eigenvalue weighted by molar-refractivity contribution is 5.75. The van der Waals surface area contributed by atoms with E-state index < -0.39 is 0 Å². The van der Waals surface area contributed by atoms with Gasteiger partial charge in [-0.25, -0.2) is 0 Å². The summed E-state index contributed by atoms with van der Waals surface area (Å²) in [4.78, 5) is 0. The molecule has 0 heterocycles. The maximum absolute atomic E-state index is 2.33. The average molecular weight is 236 g/mol. The smallest absolute Gasteiger partial charge is 0.00913 e. The first-order valence-electron chi connectivity index (χ1n) is 6.68. The lowest BCUT2D eigenvalue weighted by molar-refractivity contribution is 1.20. The van der Waals surface area contributed by atoms with Gasteiger partial charge in [-0.1, -0.05) is 73.7 Å². The molecule has 0 aromatic heterocycles. The normalized spacial score (nSPS) is 22.8. The Morgan fingerprint density at radius 3 is 2.78 bits per heavy atom. The Kier molecular flexibility index (Phi) is 4.78. The first-order chi connectivity index (χ1) is 8.92. The van der Waals surface area contributed by atoms with Crippen molar-refractivity contribution in [1.82, 2.24) is 0 Å². The number of fused-ring (bicyclic) bond motifs is 1. The lowest BCUT2D eigenvalue weighted by Crippen LogP contribution is -1.88. The third kappa shape index (κ3) is 3.33. The summed E-state index contributed by atoms with van der Waals surface area (Å²) in [6.07, 6.45) is 18.6. The van der Waals surface area contributed by atoms with Gasteiger partial charge >= 0.3 is 0 Å². The molecule has 18 heavy (non-hydrogen) atoms. The van der Waals surface area contributed by atoms with Crippen LogP contribution in [0.15, 0.2) is 60.7 Å². The minimum Gasteiger partial charge on any atom is -0.0807 e. The van der Waals surface area contributed by atoms with Gasteiger partial charge in [-0.15, -0.1) is 0 Å². The minimum absolute atomic E-state index is 0.992. The molecule has 0 nitrogen and oxygen atoms in total. The van der Waals surface area contributed by atoms with E-state index in [9.17, 15) is 0 Å². The van der Waals surface area contributed by atoms with Crippen LogP contribution in [0.4, 0.5) is 0 Å². The van der Waals surface area contributed by atoms with Crippen molar-refractivity contribution >= 4 is 11.6 Å². The minimum atomic E-state index is 0.992. The first-order valence-corrected chi connectivity index (χ1v) is 6.68. The van der Waals surface area contributed by atoms with Crippen molar-refractivity contribution in [2.75, 3.05) is 0 Å². The fraction of sp³-hybridized carbons (Fsp3) is 0.222. The summed E-state index contributed by atoms with van der Waals surface area (Å²) < 4.78 is 0. The number of benzene rings is 1. The summed E-state index contributed by atoms with van der Waals surface area (Å²) in [6.45, 7) is 2.19. The molecule has 0 heteroatoms. The summed E-state index contributed by atoms with van der Waals surface area (Å²) in [5.74, 6) is 0. The zero-order valence-corrected chi connectivity index (χ0v) is 11.0. The molecule has 1 aromatic carbocycles. The van der Waals surface area contributed by atoms with E-state index in [2.05, 4.69) is 73.7 Å². The molecule has 0 fully saturated rings. The Hall–Kier alpha value is -1.82. The van der Waals surface area contributed by atoms with Crippen LogP contribution in [0.2, 0.25) is 0 Å². The zero-order valence-electron chi connectivity index (χ0n) is 11.0. The molecule has 2 rings (SSSR count). The number of allylic oxidation sites excluding steroid dienone is 7. The molecule has 0 saturated carbocycles. The van der Waals surface area contributed by atoms with Crippen LogP contribution in [0.3, 0.4) is 0 Å². The van der Waals surface area contributed by atoms with Crippen LogP contribution in [0, 0.1) is 0 Å². The van der Waals surface area contributed by atoms with E-state index in [1.54, 1.807) is 0 Å². The van der Waals surface area contributed by atoms with Crippen molar-refractivity contribution in [3.8, 4) is 0 Å². The van der Waals surface area contributed by atoms with Crippen molar-refractivity contribution in [3.63, 3.8) is 0 Å². The molecule has 0 unspecified atom stereocenters. The fourth-order valence-electron chi connectivity index (χ4n) is 2.19. The second-order valence-electron chi connectivity index (χ2n) is 4.42. The molecule has 1 aliphatic rings. The van der Waals surface area contributed by atoms with E-state index in [1.165, 1.54) is 16.7 Å². The Balaban J connectivity index is 2.45. The molecule has 92 valence electrons. The summed E-state index contributed by atoms with van der Waals surface area (Å²) in [5.41, 5.74) is 4.10. The van der Waals surface area contributed by atoms with Gasteiger partial charge in [-0.3, -0.25) is 0 Å². The Morgan fingerprint density at radius 2 is 1.89 bits per heavy atom. The maximum atomic E-state index is 2.33. The van der Waals surface area contributed by atoms with Crippen molar-refractivity contribution in [2.45, 2.75) is 26.2 Å². The van der Waals surface area contributed by atoms with Crippen LogP contribution in [0.1, 0.15) is 37.3 Å². The largest absolute Gasteiger partial charge is 0.0807 e. The standard InChI is InChI=1S/C18H20/c1-2-11-16-12-7-5-3-4-6-8-13-17-14-9-10-15-18(16)17/h3-5,7-11,13-15H,2,6,12H2,1H3/b4-3-,7-5-,13-8-,16-11-. The van der Waals surface area contributed by atoms with Crippen molar-refractivity contribution < 1.29 is 0 Å². The van der Waals surface area contributed by atoms with Gasteiger partial charge < -0.3 is 0 Å². The highest BCUT2D eigenvalue weighted by Crippen LogP contribution is 2.25. The van der Waals surface area contributed by atoms with Gasteiger partial charge in [0.05, 0.1) is 0 Å². The van der Waals surface area contributed by atoms with Crippen LogP contribution >= 0.6 is 0 Å². The highest BCUT2D eigenvalue weighted by Gasteiger charge is 2.03. The van der Waals surface area contributed by atoms with Gasteiger partial charge in [0.2, 0.25) is 0 Å². The lowest BCUT2D eigenvalue weighted by Gasteiger charge is -2.09. The fourth-order valence-corrected chi connectivity index (χ4v) is 2.19. The maximum Gasteiger partial charge on any atom is -0.00913 e. The molecule has 0 saturated heterocycles. The highest BCUT2D eigenvalue weighted by atomic mass is 14.1. The molecule has 0 aliphatic heterocycles. The first kappa shape index (κ1) is 12.6. The Bertz CT molecular complexity index is 499. The van der Waals surface area contributed by atoms with E-state index >= 15 is 0 Å². The quantitative estimate of drug-likeness (QED) is 0.612. The monoisotopic (exact) mass is 236 g/mol. The molecule has 1 aromatic rings. The molecule has 0 spiro atoms. The lowest BCUT2D eigenvalue weighted by atomic mass is 9.96. The average Bonchev–Trinajstić information content (AvgIpc) is 2.44. The van der Waals surface area contributed by atoms with E-state index in [0.717, 1.165) is 19.3 Å². The van der Waals surface area contributed by atoms with Gasteiger partial charge in [0.15, 0.2) is 0 Å². The summed E-state index contributed by atoms with van der Waals surface area (Å²) in [5, 5.41) is 0. The van der Waals surface area contributed by atoms with Gasteiger partial charge in [0, 0.05) is 0 Å². The Labute approximate surface area is 110 Å². The SMILES string of the molecule is CC/C=C1/C/C=C\C=C/C/C=C\c2ccccc21. The molecule has 0 radical (unpaired) electrons. The number of hydrogen-bond donors (Lipinski definition) is 0. The van der Waals surface area contributed by atoms with E-state index in [4.69, 9.17) is 0 Å². The summed E-state index contributed by atoms with van der Waals surface area (Å²) in [7, 11) is 0. The summed E-state index contributed by atoms with van der Waals surface area (Å²) >= 11 is 0. The van der Waals surface area contributed by atoms with Crippen LogP contribution < -0.4 is 0 Å². The topological polar surface area (TPSA) is 0 Å². The van der Waals surface area contributed by atoms with Gasteiger partial charge in [0.1, 0.15) is 0 Å². The molecular weight excluding hydrogens is 216 g/mol. The van der Waals surface area contributed by atoms with Gasteiger partial charge in [-0.2, -0.15) is 0 Å². The molecule has 0 N–H and O–H groups in total. The molecule has 0 amide bonds. The number of rotatable bonds is 1. The third-order valence-corrected chi connectivity index (χ3v) is 3.05. The van der Waals surface area contributed by atoms with Gasteiger partial charge in [-0.05, 0) is 36.0 Å². The molecule has 0 bridgehead atoms. The zero-order chi connectivity index (χ0) is 12.6. The van der Waals surface area contributed by atoms with Gasteiger partial charge in [0.25, 0.3) is 0 Å². The Morgan fingerprint density at radius 1 is 1.06 bits per heavy atom. The van der Waals surface area contributed by atoms with Crippen molar-refractivity contribution in [2.24, 2.45) is 0 Å². The predicted octanol–water partition coefficient (Wildman–Crippen LogP) is 5.40. The van der Waals surface area contributed by atoms with Crippen molar-refractivity contribution in [1.29, 1.82) is 0 Å². The molecular formula is C18H20. The predicted molar refractivity (Wildman–Crippen MR) is 81.3 cm³/mol. The van der Waals surface area contributed by atoms with Crippen LogP contribution in [0.5, 0.6) is 0 Å².